The highest BCUT2D eigenvalue weighted by Gasteiger charge is 2.50. The average molecular weight is 223 g/mol. The summed E-state index contributed by atoms with van der Waals surface area (Å²) in [6.07, 6.45) is 3.66. The molecule has 1 saturated carbocycles. The van der Waals surface area contributed by atoms with Crippen molar-refractivity contribution in [3.8, 4) is 0 Å². The van der Waals surface area contributed by atoms with Gasteiger partial charge in [0.15, 0.2) is 0 Å². The number of amides is 1. The molecule has 16 heavy (non-hydrogen) atoms. The number of rotatable bonds is 1. The molecular formula is C14H25NO. The maximum atomic E-state index is 12.2. The summed E-state index contributed by atoms with van der Waals surface area (Å²) in [5, 5.41) is 0. The molecule has 0 radical (unpaired) electrons. The van der Waals surface area contributed by atoms with Gasteiger partial charge in [0.05, 0.1) is 0 Å². The lowest BCUT2D eigenvalue weighted by Gasteiger charge is -2.39. The predicted molar refractivity (Wildman–Crippen MR) is 66.1 cm³/mol. The summed E-state index contributed by atoms with van der Waals surface area (Å²) < 4.78 is 0. The molecule has 1 saturated heterocycles. The van der Waals surface area contributed by atoms with E-state index in [0.717, 1.165) is 6.54 Å². The van der Waals surface area contributed by atoms with E-state index in [2.05, 4.69) is 25.7 Å². The molecule has 0 N–H and O–H groups in total. The molecular weight excluding hydrogens is 198 g/mol. The van der Waals surface area contributed by atoms with Crippen molar-refractivity contribution in [3.05, 3.63) is 0 Å². The molecule has 1 heterocycles. The van der Waals surface area contributed by atoms with E-state index in [1.54, 1.807) is 0 Å². The molecule has 0 spiro atoms. The van der Waals surface area contributed by atoms with Gasteiger partial charge in [0.1, 0.15) is 0 Å². The number of likely N-dealkylation sites (tertiary alicyclic amines) is 1. The highest BCUT2D eigenvalue weighted by atomic mass is 16.2. The molecule has 2 heteroatoms. The van der Waals surface area contributed by atoms with Gasteiger partial charge >= 0.3 is 0 Å². The fraction of sp³-hybridized carbons (Fsp3) is 0.929. The van der Waals surface area contributed by atoms with Crippen molar-refractivity contribution in [1.29, 1.82) is 0 Å². The van der Waals surface area contributed by atoms with Gasteiger partial charge in [0, 0.05) is 18.5 Å². The first kappa shape index (κ1) is 11.9. The van der Waals surface area contributed by atoms with Crippen molar-refractivity contribution < 1.29 is 4.79 Å². The average Bonchev–Trinajstić information content (AvgIpc) is 2.33. The molecule has 0 aromatic heterocycles. The van der Waals surface area contributed by atoms with E-state index in [9.17, 15) is 4.79 Å². The Labute approximate surface area is 99.4 Å². The second-order valence-electron chi connectivity index (χ2n) is 7.33. The zero-order chi connectivity index (χ0) is 12.1. The minimum absolute atomic E-state index is 0.145. The minimum atomic E-state index is 0.145. The van der Waals surface area contributed by atoms with E-state index >= 15 is 0 Å². The van der Waals surface area contributed by atoms with Crippen LogP contribution in [0.4, 0.5) is 0 Å². The summed E-state index contributed by atoms with van der Waals surface area (Å²) in [5.41, 5.74) is 0.778. The van der Waals surface area contributed by atoms with Crippen LogP contribution < -0.4 is 0 Å². The van der Waals surface area contributed by atoms with Crippen LogP contribution in [0, 0.1) is 16.7 Å². The molecule has 2 atom stereocenters. The van der Waals surface area contributed by atoms with Gasteiger partial charge in [0.25, 0.3) is 0 Å². The summed E-state index contributed by atoms with van der Waals surface area (Å²) in [4.78, 5) is 14.3. The summed E-state index contributed by atoms with van der Waals surface area (Å²) in [6, 6.07) is 0.503. The molecule has 2 fully saturated rings. The van der Waals surface area contributed by atoms with E-state index in [0.29, 0.717) is 22.8 Å². The summed E-state index contributed by atoms with van der Waals surface area (Å²) >= 11 is 0. The molecule has 1 amide bonds. The van der Waals surface area contributed by atoms with Crippen molar-refractivity contribution in [3.63, 3.8) is 0 Å². The standard InChI is InChI=1S/C14H25NO/c1-10(2)12(16)15-9-14(5)7-11(15)6-13(3,4)8-14/h10-11H,6-9H2,1-5H3/t11-,14+/m1/s1. The van der Waals surface area contributed by atoms with Gasteiger partial charge in [-0.15, -0.1) is 0 Å². The summed E-state index contributed by atoms with van der Waals surface area (Å²) in [6.45, 7) is 12.1. The van der Waals surface area contributed by atoms with Crippen LogP contribution in [0.3, 0.4) is 0 Å². The van der Waals surface area contributed by atoms with Crippen LogP contribution in [0.1, 0.15) is 53.9 Å². The molecule has 1 aliphatic heterocycles. The Bertz CT molecular complexity index is 308. The van der Waals surface area contributed by atoms with Gasteiger partial charge < -0.3 is 4.90 Å². The van der Waals surface area contributed by atoms with Crippen molar-refractivity contribution >= 4 is 5.91 Å². The topological polar surface area (TPSA) is 20.3 Å². The predicted octanol–water partition coefficient (Wildman–Crippen LogP) is 3.07. The van der Waals surface area contributed by atoms with Crippen LogP contribution in [0.25, 0.3) is 0 Å². The third-order valence-electron chi connectivity index (χ3n) is 4.19. The first-order valence-electron chi connectivity index (χ1n) is 6.53. The van der Waals surface area contributed by atoms with Crippen molar-refractivity contribution in [2.75, 3.05) is 6.54 Å². The molecule has 2 rings (SSSR count). The first-order chi connectivity index (χ1) is 7.22. The van der Waals surface area contributed by atoms with Gasteiger partial charge in [-0.1, -0.05) is 34.6 Å². The Morgan fingerprint density at radius 3 is 2.44 bits per heavy atom. The monoisotopic (exact) mass is 223 g/mol. The molecule has 2 bridgehead atoms. The Morgan fingerprint density at radius 2 is 1.88 bits per heavy atom. The van der Waals surface area contributed by atoms with Crippen LogP contribution in [0.15, 0.2) is 0 Å². The number of carbonyl (C=O) groups excluding carboxylic acids is 1. The molecule has 92 valence electrons. The molecule has 0 aromatic rings. The second-order valence-corrected chi connectivity index (χ2v) is 7.33. The van der Waals surface area contributed by atoms with Gasteiger partial charge in [-0.3, -0.25) is 4.79 Å². The Morgan fingerprint density at radius 1 is 1.25 bits per heavy atom. The van der Waals surface area contributed by atoms with Gasteiger partial charge in [-0.05, 0) is 30.1 Å². The number of nitrogens with zero attached hydrogens (tertiary/aromatic N) is 1. The SMILES string of the molecule is CC(C)C(=O)N1C[C@@]2(C)C[C@H]1CC(C)(C)C2. The third kappa shape index (κ3) is 1.99. The lowest BCUT2D eigenvalue weighted by molar-refractivity contribution is -0.135. The van der Waals surface area contributed by atoms with Gasteiger partial charge in [-0.25, -0.2) is 0 Å². The number of carbonyl (C=O) groups is 1. The number of hydrogen-bond acceptors (Lipinski definition) is 1. The Hall–Kier alpha value is -0.530. The zero-order valence-electron chi connectivity index (χ0n) is 11.3. The molecule has 0 unspecified atom stereocenters. The fourth-order valence-electron chi connectivity index (χ4n) is 4.05. The van der Waals surface area contributed by atoms with E-state index < -0.39 is 0 Å². The quantitative estimate of drug-likeness (QED) is 0.669. The fourth-order valence-corrected chi connectivity index (χ4v) is 4.05. The van der Waals surface area contributed by atoms with Gasteiger partial charge in [0.2, 0.25) is 5.91 Å². The normalized spacial score (nSPS) is 36.9. The highest BCUT2D eigenvalue weighted by molar-refractivity contribution is 5.79. The Kier molecular flexibility index (Phi) is 2.60. The second kappa shape index (κ2) is 3.48. The molecule has 2 nitrogen and oxygen atoms in total. The maximum absolute atomic E-state index is 12.2. The number of fused-ring (bicyclic) bond motifs is 2. The van der Waals surface area contributed by atoms with Crippen LogP contribution in [0.5, 0.6) is 0 Å². The van der Waals surface area contributed by atoms with Crippen molar-refractivity contribution in [2.45, 2.75) is 59.9 Å². The lowest BCUT2D eigenvalue weighted by Crippen LogP contribution is -2.39. The highest BCUT2D eigenvalue weighted by Crippen LogP contribution is 2.52. The smallest absolute Gasteiger partial charge is 0.225 e. The van der Waals surface area contributed by atoms with Crippen molar-refractivity contribution in [2.24, 2.45) is 16.7 Å². The maximum Gasteiger partial charge on any atom is 0.225 e. The third-order valence-corrected chi connectivity index (χ3v) is 4.19. The lowest BCUT2D eigenvalue weighted by atomic mass is 9.65. The largest absolute Gasteiger partial charge is 0.339 e. The van der Waals surface area contributed by atoms with Crippen LogP contribution in [-0.2, 0) is 4.79 Å². The molecule has 1 aliphatic carbocycles. The van der Waals surface area contributed by atoms with Crippen LogP contribution in [0.2, 0.25) is 0 Å². The molecule has 2 aliphatic rings. The van der Waals surface area contributed by atoms with E-state index in [4.69, 9.17) is 0 Å². The Balaban J connectivity index is 2.19. The van der Waals surface area contributed by atoms with Crippen molar-refractivity contribution in [1.82, 2.24) is 4.90 Å². The van der Waals surface area contributed by atoms with E-state index in [-0.39, 0.29) is 5.92 Å². The zero-order valence-corrected chi connectivity index (χ0v) is 11.3. The van der Waals surface area contributed by atoms with E-state index in [1.165, 1.54) is 19.3 Å². The van der Waals surface area contributed by atoms with Crippen LogP contribution in [-0.4, -0.2) is 23.4 Å². The number of hydrogen-bond donors (Lipinski definition) is 0. The summed E-state index contributed by atoms with van der Waals surface area (Å²) in [5.74, 6) is 0.498. The van der Waals surface area contributed by atoms with Crippen LogP contribution >= 0.6 is 0 Å². The summed E-state index contributed by atoms with van der Waals surface area (Å²) in [7, 11) is 0. The minimum Gasteiger partial charge on any atom is -0.339 e. The van der Waals surface area contributed by atoms with E-state index in [1.807, 2.05) is 13.8 Å². The molecule has 0 aromatic carbocycles. The van der Waals surface area contributed by atoms with Gasteiger partial charge in [-0.2, -0.15) is 0 Å². The first-order valence-corrected chi connectivity index (χ1v) is 6.53.